The van der Waals surface area contributed by atoms with Crippen LogP contribution in [-0.4, -0.2) is 17.5 Å². The Balaban J connectivity index is 2.23. The lowest BCUT2D eigenvalue weighted by atomic mass is 10.1. The summed E-state index contributed by atoms with van der Waals surface area (Å²) >= 11 is 0. The van der Waals surface area contributed by atoms with Gasteiger partial charge in [0.05, 0.1) is 4.92 Å². The molecule has 0 heterocycles. The van der Waals surface area contributed by atoms with Crippen LogP contribution in [0.15, 0.2) is 18.2 Å². The minimum absolute atomic E-state index is 0.156. The molecule has 2 rings (SSSR count). The Morgan fingerprint density at radius 1 is 1.37 bits per heavy atom. The summed E-state index contributed by atoms with van der Waals surface area (Å²) in [5.74, 6) is 0.702. The van der Waals surface area contributed by atoms with Crippen LogP contribution in [0.5, 0.6) is 0 Å². The van der Waals surface area contributed by atoms with E-state index in [1.54, 1.807) is 12.1 Å². The smallest absolute Gasteiger partial charge is 0.315 e. The summed E-state index contributed by atoms with van der Waals surface area (Å²) < 4.78 is 0. The molecule has 1 aliphatic rings. The fraction of sp³-hybridized carbons (Fsp3) is 0.571. The highest BCUT2D eigenvalue weighted by atomic mass is 16.6. The summed E-state index contributed by atoms with van der Waals surface area (Å²) in [5.41, 5.74) is 1.37. The van der Waals surface area contributed by atoms with E-state index in [-0.39, 0.29) is 10.6 Å². The first kappa shape index (κ1) is 13.6. The standard InChI is InChI=1S/C14H21N3O2/c1-3-15-12-5-4-6-13(14(12)17(18)19)16-11-8-7-10(2)9-11/h4-6,10-11,15-16H,3,7-9H2,1-2H3. The predicted octanol–water partition coefficient (Wildman–Crippen LogP) is 3.63. The Bertz CT molecular complexity index is 462. The van der Waals surface area contributed by atoms with Crippen molar-refractivity contribution in [1.82, 2.24) is 0 Å². The molecular weight excluding hydrogens is 242 g/mol. The van der Waals surface area contributed by atoms with Gasteiger partial charge in [0.15, 0.2) is 0 Å². The van der Waals surface area contributed by atoms with Crippen LogP contribution >= 0.6 is 0 Å². The van der Waals surface area contributed by atoms with E-state index in [9.17, 15) is 10.1 Å². The quantitative estimate of drug-likeness (QED) is 0.629. The first-order valence-electron chi connectivity index (χ1n) is 6.89. The van der Waals surface area contributed by atoms with Gasteiger partial charge in [-0.15, -0.1) is 0 Å². The number of nitro groups is 1. The summed E-state index contributed by atoms with van der Waals surface area (Å²) in [6.07, 6.45) is 3.37. The van der Waals surface area contributed by atoms with Crippen LogP contribution in [0.4, 0.5) is 17.1 Å². The van der Waals surface area contributed by atoms with Crippen molar-refractivity contribution >= 4 is 17.1 Å². The molecule has 104 valence electrons. The maximum absolute atomic E-state index is 11.3. The van der Waals surface area contributed by atoms with E-state index in [2.05, 4.69) is 17.6 Å². The molecule has 1 aliphatic carbocycles. The summed E-state index contributed by atoms with van der Waals surface area (Å²) in [5, 5.41) is 17.7. The minimum atomic E-state index is -0.307. The van der Waals surface area contributed by atoms with Gasteiger partial charge in [0.2, 0.25) is 0 Å². The summed E-state index contributed by atoms with van der Waals surface area (Å²) in [7, 11) is 0. The molecule has 0 radical (unpaired) electrons. The lowest BCUT2D eigenvalue weighted by molar-refractivity contribution is -0.383. The third kappa shape index (κ3) is 3.16. The average Bonchev–Trinajstić information content (AvgIpc) is 2.75. The van der Waals surface area contributed by atoms with Crippen molar-refractivity contribution in [2.45, 2.75) is 39.2 Å². The fourth-order valence-corrected chi connectivity index (χ4v) is 2.75. The van der Waals surface area contributed by atoms with Gasteiger partial charge in [-0.05, 0) is 44.2 Å². The summed E-state index contributed by atoms with van der Waals surface area (Å²) in [6.45, 7) is 4.83. The molecule has 0 amide bonds. The molecule has 19 heavy (non-hydrogen) atoms. The Kier molecular flexibility index (Phi) is 4.24. The second-order valence-corrected chi connectivity index (χ2v) is 5.25. The molecule has 1 saturated carbocycles. The number of nitrogens with one attached hydrogen (secondary N) is 2. The van der Waals surface area contributed by atoms with Gasteiger partial charge in [0, 0.05) is 12.6 Å². The maximum atomic E-state index is 11.3. The molecule has 0 saturated heterocycles. The molecule has 0 spiro atoms. The van der Waals surface area contributed by atoms with E-state index >= 15 is 0 Å². The average molecular weight is 263 g/mol. The van der Waals surface area contributed by atoms with Crippen LogP contribution in [0.1, 0.15) is 33.1 Å². The molecule has 5 nitrogen and oxygen atoms in total. The summed E-state index contributed by atoms with van der Waals surface area (Å²) in [4.78, 5) is 11.0. The lowest BCUT2D eigenvalue weighted by Crippen LogP contribution is -2.16. The van der Waals surface area contributed by atoms with Crippen LogP contribution in [-0.2, 0) is 0 Å². The minimum Gasteiger partial charge on any atom is -0.380 e. The maximum Gasteiger partial charge on any atom is 0.315 e. The zero-order chi connectivity index (χ0) is 13.8. The number of anilines is 2. The lowest BCUT2D eigenvalue weighted by Gasteiger charge is -2.15. The van der Waals surface area contributed by atoms with Gasteiger partial charge in [-0.2, -0.15) is 0 Å². The van der Waals surface area contributed by atoms with Crippen LogP contribution in [0.25, 0.3) is 0 Å². The van der Waals surface area contributed by atoms with Gasteiger partial charge in [-0.1, -0.05) is 13.0 Å². The van der Waals surface area contributed by atoms with Gasteiger partial charge in [0.1, 0.15) is 11.4 Å². The zero-order valence-electron chi connectivity index (χ0n) is 11.5. The molecular formula is C14H21N3O2. The topological polar surface area (TPSA) is 67.2 Å². The third-order valence-electron chi connectivity index (χ3n) is 3.64. The van der Waals surface area contributed by atoms with Crippen molar-refractivity contribution in [1.29, 1.82) is 0 Å². The molecule has 0 aliphatic heterocycles. The number of nitro benzene ring substituents is 1. The molecule has 5 heteroatoms. The van der Waals surface area contributed by atoms with Gasteiger partial charge in [0.25, 0.3) is 0 Å². The van der Waals surface area contributed by atoms with Crippen LogP contribution < -0.4 is 10.6 Å². The number of hydrogen-bond acceptors (Lipinski definition) is 4. The van der Waals surface area contributed by atoms with E-state index in [1.165, 1.54) is 6.42 Å². The van der Waals surface area contributed by atoms with E-state index < -0.39 is 0 Å². The molecule has 1 fully saturated rings. The van der Waals surface area contributed by atoms with Crippen LogP contribution in [0.2, 0.25) is 0 Å². The van der Waals surface area contributed by atoms with Crippen molar-refractivity contribution in [2.75, 3.05) is 17.2 Å². The van der Waals surface area contributed by atoms with Crippen molar-refractivity contribution in [3.05, 3.63) is 28.3 Å². The highest BCUT2D eigenvalue weighted by molar-refractivity contribution is 5.76. The van der Waals surface area contributed by atoms with Crippen LogP contribution in [0.3, 0.4) is 0 Å². The normalized spacial score (nSPS) is 22.2. The number of benzene rings is 1. The molecule has 0 bridgehead atoms. The largest absolute Gasteiger partial charge is 0.380 e. The van der Waals surface area contributed by atoms with Gasteiger partial charge < -0.3 is 10.6 Å². The molecule has 1 aromatic rings. The van der Waals surface area contributed by atoms with Gasteiger partial charge in [-0.25, -0.2) is 0 Å². The zero-order valence-corrected chi connectivity index (χ0v) is 11.5. The Morgan fingerprint density at radius 3 is 2.68 bits per heavy atom. The molecule has 1 aromatic carbocycles. The first-order chi connectivity index (χ1) is 9.11. The second-order valence-electron chi connectivity index (χ2n) is 5.25. The predicted molar refractivity (Wildman–Crippen MR) is 77.7 cm³/mol. The molecule has 0 aromatic heterocycles. The highest BCUT2D eigenvalue weighted by Gasteiger charge is 2.25. The van der Waals surface area contributed by atoms with E-state index in [0.29, 0.717) is 29.9 Å². The monoisotopic (exact) mass is 263 g/mol. The van der Waals surface area contributed by atoms with Gasteiger partial charge >= 0.3 is 5.69 Å². The number of nitrogens with zero attached hydrogens (tertiary/aromatic N) is 1. The summed E-state index contributed by atoms with van der Waals surface area (Å²) in [6, 6.07) is 5.75. The van der Waals surface area contributed by atoms with Crippen molar-refractivity contribution in [2.24, 2.45) is 5.92 Å². The van der Waals surface area contributed by atoms with E-state index in [4.69, 9.17) is 0 Å². The molecule has 2 N–H and O–H groups in total. The van der Waals surface area contributed by atoms with E-state index in [0.717, 1.165) is 12.8 Å². The number of para-hydroxylation sites is 1. The molecule has 2 atom stereocenters. The third-order valence-corrected chi connectivity index (χ3v) is 3.64. The van der Waals surface area contributed by atoms with Gasteiger partial charge in [-0.3, -0.25) is 10.1 Å². The molecule has 2 unspecified atom stereocenters. The Morgan fingerprint density at radius 2 is 2.11 bits per heavy atom. The Labute approximate surface area is 113 Å². The van der Waals surface area contributed by atoms with E-state index in [1.807, 2.05) is 13.0 Å². The highest BCUT2D eigenvalue weighted by Crippen LogP contribution is 2.35. The van der Waals surface area contributed by atoms with Crippen molar-refractivity contribution in [3.8, 4) is 0 Å². The van der Waals surface area contributed by atoms with Crippen molar-refractivity contribution in [3.63, 3.8) is 0 Å². The fourth-order valence-electron chi connectivity index (χ4n) is 2.75. The second kappa shape index (κ2) is 5.91. The SMILES string of the molecule is CCNc1cccc(NC2CCC(C)C2)c1[N+](=O)[O-]. The number of hydrogen-bond donors (Lipinski definition) is 2. The van der Waals surface area contributed by atoms with Crippen molar-refractivity contribution < 1.29 is 4.92 Å². The van der Waals surface area contributed by atoms with Crippen LogP contribution in [0, 0.1) is 16.0 Å². The Hall–Kier alpha value is -1.78. The first-order valence-corrected chi connectivity index (χ1v) is 6.89. The number of rotatable bonds is 5.